The number of ether oxygens (including phenoxy) is 1. The summed E-state index contributed by atoms with van der Waals surface area (Å²) in [6, 6.07) is 5.85. The Labute approximate surface area is 116 Å². The average molecular weight is 263 g/mol. The van der Waals surface area contributed by atoms with Crippen LogP contribution in [0.1, 0.15) is 37.3 Å². The molecule has 0 aliphatic heterocycles. The number of nitrogens with two attached hydrogens (primary N) is 1. The second-order valence-electron chi connectivity index (χ2n) is 4.89. The van der Waals surface area contributed by atoms with Crippen LogP contribution in [0.25, 0.3) is 0 Å². The van der Waals surface area contributed by atoms with Crippen LogP contribution in [0, 0.1) is 5.41 Å². The molecule has 0 saturated heterocycles. The van der Waals surface area contributed by atoms with Crippen LogP contribution in [0.4, 0.5) is 0 Å². The molecule has 19 heavy (non-hydrogen) atoms. The van der Waals surface area contributed by atoms with Crippen LogP contribution in [0.15, 0.2) is 18.2 Å². The van der Waals surface area contributed by atoms with Gasteiger partial charge < -0.3 is 15.4 Å². The van der Waals surface area contributed by atoms with Crippen molar-refractivity contribution in [2.45, 2.75) is 32.7 Å². The molecule has 1 aromatic carbocycles. The van der Waals surface area contributed by atoms with Gasteiger partial charge in [0.15, 0.2) is 0 Å². The first-order chi connectivity index (χ1) is 9.08. The second kappa shape index (κ2) is 7.79. The number of methoxy groups -OCH3 is 1. The van der Waals surface area contributed by atoms with Crippen molar-refractivity contribution in [1.82, 2.24) is 4.90 Å². The lowest BCUT2D eigenvalue weighted by Gasteiger charge is -2.17. The van der Waals surface area contributed by atoms with Gasteiger partial charge in [-0.1, -0.05) is 25.8 Å². The third kappa shape index (κ3) is 4.91. The van der Waals surface area contributed by atoms with E-state index in [0.29, 0.717) is 11.3 Å². The molecule has 1 rings (SSSR count). The SMILES string of the molecule is CCCCCN(C)Cc1ccc(OC)c(C(=N)N)c1. The highest BCUT2D eigenvalue weighted by atomic mass is 16.5. The van der Waals surface area contributed by atoms with Gasteiger partial charge >= 0.3 is 0 Å². The number of nitrogens with zero attached hydrogens (tertiary/aromatic N) is 1. The number of amidine groups is 1. The molecular formula is C15H25N3O. The van der Waals surface area contributed by atoms with Gasteiger partial charge in [0.2, 0.25) is 0 Å². The van der Waals surface area contributed by atoms with Crippen LogP contribution in [-0.4, -0.2) is 31.4 Å². The molecule has 0 atom stereocenters. The summed E-state index contributed by atoms with van der Waals surface area (Å²) in [7, 11) is 3.71. The maximum Gasteiger partial charge on any atom is 0.129 e. The Morgan fingerprint density at radius 3 is 2.68 bits per heavy atom. The summed E-state index contributed by atoms with van der Waals surface area (Å²) in [5.74, 6) is 0.706. The number of hydrogen-bond acceptors (Lipinski definition) is 3. The molecule has 0 aliphatic carbocycles. The lowest BCUT2D eigenvalue weighted by molar-refractivity contribution is 0.318. The van der Waals surface area contributed by atoms with Gasteiger partial charge in [-0.3, -0.25) is 5.41 Å². The summed E-state index contributed by atoms with van der Waals surface area (Å²) in [6.45, 7) is 4.17. The van der Waals surface area contributed by atoms with Crippen LogP contribution < -0.4 is 10.5 Å². The highest BCUT2D eigenvalue weighted by Crippen LogP contribution is 2.20. The fraction of sp³-hybridized carbons (Fsp3) is 0.533. The highest BCUT2D eigenvalue weighted by molar-refractivity contribution is 5.97. The fourth-order valence-electron chi connectivity index (χ4n) is 2.09. The van der Waals surface area contributed by atoms with Crippen molar-refractivity contribution in [3.63, 3.8) is 0 Å². The minimum atomic E-state index is 0.0485. The molecule has 0 saturated carbocycles. The molecule has 0 spiro atoms. The number of unbranched alkanes of at least 4 members (excludes halogenated alkanes) is 2. The molecule has 0 aliphatic rings. The normalized spacial score (nSPS) is 10.7. The minimum Gasteiger partial charge on any atom is -0.496 e. The molecule has 3 N–H and O–H groups in total. The van der Waals surface area contributed by atoms with Crippen molar-refractivity contribution < 1.29 is 4.74 Å². The third-order valence-corrected chi connectivity index (χ3v) is 3.15. The van der Waals surface area contributed by atoms with Gasteiger partial charge in [-0.15, -0.1) is 0 Å². The number of hydrogen-bond donors (Lipinski definition) is 2. The molecular weight excluding hydrogens is 238 g/mol. The van der Waals surface area contributed by atoms with E-state index in [4.69, 9.17) is 15.9 Å². The molecule has 0 amide bonds. The summed E-state index contributed by atoms with van der Waals surface area (Å²) in [4.78, 5) is 2.29. The smallest absolute Gasteiger partial charge is 0.129 e. The van der Waals surface area contributed by atoms with Gasteiger partial charge in [-0.25, -0.2) is 0 Å². The summed E-state index contributed by atoms with van der Waals surface area (Å²) in [5.41, 5.74) is 7.40. The Hall–Kier alpha value is -1.55. The summed E-state index contributed by atoms with van der Waals surface area (Å²) in [6.07, 6.45) is 3.74. The monoisotopic (exact) mass is 263 g/mol. The first-order valence-electron chi connectivity index (χ1n) is 6.78. The molecule has 0 heterocycles. The van der Waals surface area contributed by atoms with E-state index in [2.05, 4.69) is 18.9 Å². The molecule has 0 bridgehead atoms. The van der Waals surface area contributed by atoms with E-state index in [-0.39, 0.29) is 5.84 Å². The Morgan fingerprint density at radius 2 is 2.11 bits per heavy atom. The van der Waals surface area contributed by atoms with Crippen LogP contribution in [0.5, 0.6) is 5.75 Å². The zero-order valence-electron chi connectivity index (χ0n) is 12.2. The molecule has 0 fully saturated rings. The summed E-state index contributed by atoms with van der Waals surface area (Å²) in [5, 5.41) is 7.58. The van der Waals surface area contributed by atoms with E-state index in [1.54, 1.807) is 7.11 Å². The molecule has 4 nitrogen and oxygen atoms in total. The predicted octanol–water partition coefficient (Wildman–Crippen LogP) is 2.60. The predicted molar refractivity (Wildman–Crippen MR) is 79.9 cm³/mol. The van der Waals surface area contributed by atoms with E-state index in [1.165, 1.54) is 19.3 Å². The number of nitrogens with one attached hydrogen (secondary N) is 1. The maximum absolute atomic E-state index is 7.58. The van der Waals surface area contributed by atoms with Gasteiger partial charge in [0.25, 0.3) is 0 Å². The largest absolute Gasteiger partial charge is 0.496 e. The Balaban J connectivity index is 2.68. The van der Waals surface area contributed by atoms with Crippen molar-refractivity contribution in [2.24, 2.45) is 5.73 Å². The molecule has 0 aromatic heterocycles. The Morgan fingerprint density at radius 1 is 1.37 bits per heavy atom. The van der Waals surface area contributed by atoms with Gasteiger partial charge in [-0.2, -0.15) is 0 Å². The Bertz CT molecular complexity index is 418. The molecule has 0 unspecified atom stereocenters. The van der Waals surface area contributed by atoms with Crippen molar-refractivity contribution in [3.8, 4) is 5.75 Å². The quantitative estimate of drug-likeness (QED) is 0.430. The van der Waals surface area contributed by atoms with E-state index in [1.807, 2.05) is 18.2 Å². The van der Waals surface area contributed by atoms with Crippen LogP contribution in [-0.2, 0) is 6.54 Å². The summed E-state index contributed by atoms with van der Waals surface area (Å²) >= 11 is 0. The van der Waals surface area contributed by atoms with Crippen LogP contribution in [0.2, 0.25) is 0 Å². The van der Waals surface area contributed by atoms with Crippen molar-refractivity contribution in [1.29, 1.82) is 5.41 Å². The van der Waals surface area contributed by atoms with Crippen molar-refractivity contribution in [2.75, 3.05) is 20.7 Å². The highest BCUT2D eigenvalue weighted by Gasteiger charge is 2.08. The zero-order chi connectivity index (χ0) is 14.3. The van der Waals surface area contributed by atoms with Gasteiger partial charge in [0.05, 0.1) is 12.7 Å². The van der Waals surface area contributed by atoms with Crippen LogP contribution >= 0.6 is 0 Å². The lowest BCUT2D eigenvalue weighted by Crippen LogP contribution is -2.20. The molecule has 106 valence electrons. The van der Waals surface area contributed by atoms with Crippen LogP contribution in [0.3, 0.4) is 0 Å². The van der Waals surface area contributed by atoms with E-state index in [9.17, 15) is 0 Å². The topological polar surface area (TPSA) is 62.3 Å². The first kappa shape index (κ1) is 15.5. The number of nitrogen functional groups attached to an aromatic ring is 1. The third-order valence-electron chi connectivity index (χ3n) is 3.15. The molecule has 1 aromatic rings. The summed E-state index contributed by atoms with van der Waals surface area (Å²) < 4.78 is 5.21. The van der Waals surface area contributed by atoms with E-state index in [0.717, 1.165) is 18.7 Å². The fourth-order valence-corrected chi connectivity index (χ4v) is 2.09. The van der Waals surface area contributed by atoms with Crippen molar-refractivity contribution >= 4 is 5.84 Å². The standard InChI is InChI=1S/C15H25N3O/c1-4-5-6-9-18(2)11-12-7-8-14(19-3)13(10-12)15(16)17/h7-8,10H,4-6,9,11H2,1-3H3,(H3,16,17). The maximum atomic E-state index is 7.58. The lowest BCUT2D eigenvalue weighted by atomic mass is 10.1. The van der Waals surface area contributed by atoms with Gasteiger partial charge in [-0.05, 0) is 37.7 Å². The number of rotatable bonds is 8. The van der Waals surface area contributed by atoms with Gasteiger partial charge in [0, 0.05) is 6.54 Å². The van der Waals surface area contributed by atoms with Gasteiger partial charge in [0.1, 0.15) is 11.6 Å². The van der Waals surface area contributed by atoms with Crippen molar-refractivity contribution in [3.05, 3.63) is 29.3 Å². The van der Waals surface area contributed by atoms with E-state index < -0.39 is 0 Å². The molecule has 4 heteroatoms. The second-order valence-corrected chi connectivity index (χ2v) is 4.89. The number of benzene rings is 1. The Kier molecular flexibility index (Phi) is 6.36. The molecule has 0 radical (unpaired) electrons. The van der Waals surface area contributed by atoms with E-state index >= 15 is 0 Å². The average Bonchev–Trinajstić information content (AvgIpc) is 2.39. The first-order valence-corrected chi connectivity index (χ1v) is 6.78. The zero-order valence-corrected chi connectivity index (χ0v) is 12.2. The minimum absolute atomic E-state index is 0.0485.